The number of hydrogen-bond donors (Lipinski definition) is 0. The Kier molecular flexibility index (Phi) is 14.2. The van der Waals surface area contributed by atoms with Gasteiger partial charge in [0.2, 0.25) is 0 Å². The zero-order valence-corrected chi connectivity index (χ0v) is 10.3. The molecule has 0 aromatic rings. The molecule has 0 aliphatic carbocycles. The molecule has 0 saturated carbocycles. The van der Waals surface area contributed by atoms with Crippen LogP contribution in [0.4, 0.5) is 0 Å². The molecule has 0 rings (SSSR count). The van der Waals surface area contributed by atoms with Crippen LogP contribution in [0.1, 0.15) is 0 Å². The second kappa shape index (κ2) is 6.67. The van der Waals surface area contributed by atoms with Gasteiger partial charge >= 0.3 is 0 Å². The fourth-order valence-corrected chi connectivity index (χ4v) is 0. The van der Waals surface area contributed by atoms with Crippen molar-refractivity contribution in [3.05, 3.63) is 0 Å². The summed E-state index contributed by atoms with van der Waals surface area (Å²) in [5, 5.41) is 0. The average molecular weight is 475 g/mol. The monoisotopic (exact) mass is 474 g/mol. The summed E-state index contributed by atoms with van der Waals surface area (Å²) in [7, 11) is 0. The first-order valence-corrected chi connectivity index (χ1v) is 4.39. The molecular weight excluding hydrogens is 473 g/mol. The molecule has 0 aromatic heterocycles. The normalized spacial score (nSPS) is 7.20. The van der Waals surface area contributed by atoms with Crippen molar-refractivity contribution in [2.45, 2.75) is -0.0619 Å². The SMILES string of the molecule is Br.IC(I)I. The second-order valence-electron chi connectivity index (χ2n) is 0.247. The Morgan fingerprint density at radius 1 is 1.00 bits per heavy atom. The van der Waals surface area contributed by atoms with E-state index in [0.29, 0.717) is 0 Å². The topological polar surface area (TPSA) is 0 Å². The molecule has 0 nitrogen and oxygen atoms in total. The molecule has 0 heterocycles. The summed E-state index contributed by atoms with van der Waals surface area (Å²) in [5.74, 6) is 0. The van der Waals surface area contributed by atoms with E-state index in [2.05, 4.69) is 67.8 Å². The lowest BCUT2D eigenvalue weighted by Crippen LogP contribution is -1.47. The molecule has 0 saturated heterocycles. The summed E-state index contributed by atoms with van der Waals surface area (Å²) in [4.78, 5) is 0. The van der Waals surface area contributed by atoms with Gasteiger partial charge in [-0.1, -0.05) is 67.8 Å². The van der Waals surface area contributed by atoms with E-state index in [1.807, 2.05) is 0 Å². The van der Waals surface area contributed by atoms with Crippen LogP contribution in [0.3, 0.4) is 0 Å². The van der Waals surface area contributed by atoms with Gasteiger partial charge < -0.3 is 0 Å². The molecule has 4 heteroatoms. The molecule has 0 amide bonds. The molecular formula is CH2BrI3. The van der Waals surface area contributed by atoms with Crippen molar-refractivity contribution in [3.8, 4) is 0 Å². The van der Waals surface area contributed by atoms with Crippen LogP contribution in [-0.4, -0.2) is -0.0619 Å². The van der Waals surface area contributed by atoms with Gasteiger partial charge in [0.15, 0.2) is 0 Å². The Bertz CT molecular complexity index is 11.6. The molecule has 0 radical (unpaired) electrons. The van der Waals surface area contributed by atoms with Gasteiger partial charge in [-0.2, -0.15) is 0 Å². The second-order valence-corrected chi connectivity index (χ2v) is 11.1. The van der Waals surface area contributed by atoms with Crippen LogP contribution in [0.2, 0.25) is 0 Å². The smallest absolute Gasteiger partial charge is 0.114 e. The van der Waals surface area contributed by atoms with E-state index in [4.69, 9.17) is 0 Å². The fourth-order valence-electron chi connectivity index (χ4n) is 0. The van der Waals surface area contributed by atoms with Gasteiger partial charge in [0.1, 0.15) is -0.0619 Å². The van der Waals surface area contributed by atoms with Gasteiger partial charge in [-0.15, -0.1) is 17.0 Å². The first-order chi connectivity index (χ1) is 1.73. The van der Waals surface area contributed by atoms with Crippen LogP contribution in [0.5, 0.6) is 0 Å². The van der Waals surface area contributed by atoms with Gasteiger partial charge in [-0.3, -0.25) is 0 Å². The summed E-state index contributed by atoms with van der Waals surface area (Å²) in [6, 6.07) is 0. The van der Waals surface area contributed by atoms with Gasteiger partial charge in [-0.05, 0) is 0 Å². The Hall–Kier alpha value is 2.67. The zero-order valence-electron chi connectivity index (χ0n) is 2.12. The minimum absolute atomic E-state index is 0. The number of halogens is 4. The van der Waals surface area contributed by atoms with Gasteiger partial charge in [0.05, 0.1) is 0 Å². The minimum Gasteiger partial charge on any atom is -0.114 e. The van der Waals surface area contributed by atoms with E-state index in [1.165, 1.54) is 0 Å². The van der Waals surface area contributed by atoms with E-state index in [9.17, 15) is 0 Å². The number of alkyl halides is 3. The molecule has 34 valence electrons. The van der Waals surface area contributed by atoms with Crippen molar-refractivity contribution in [2.75, 3.05) is 0 Å². The number of rotatable bonds is 0. The van der Waals surface area contributed by atoms with E-state index >= 15 is 0 Å². The molecule has 0 aliphatic rings. The third-order valence-electron chi connectivity index (χ3n) is 0. The van der Waals surface area contributed by atoms with Crippen molar-refractivity contribution < 1.29 is 0 Å². The third kappa shape index (κ3) is 20.4. The van der Waals surface area contributed by atoms with Gasteiger partial charge in [0.25, 0.3) is 0 Å². The van der Waals surface area contributed by atoms with Gasteiger partial charge in [0, 0.05) is 0 Å². The molecule has 0 bridgehead atoms. The average Bonchev–Trinajstić information content (AvgIpc) is 0.811. The van der Waals surface area contributed by atoms with E-state index in [-0.39, 0.29) is 17.0 Å². The largest absolute Gasteiger partial charge is 0.114 e. The lowest BCUT2D eigenvalue weighted by atomic mass is 12.0. The van der Waals surface area contributed by atoms with Crippen LogP contribution in [0, 0.1) is 0 Å². The Morgan fingerprint density at radius 3 is 1.00 bits per heavy atom. The highest BCUT2D eigenvalue weighted by Gasteiger charge is 1.76. The predicted octanol–water partition coefficient (Wildman–Crippen LogP) is 3.15. The highest BCUT2D eigenvalue weighted by Crippen LogP contribution is 2.16. The molecule has 0 fully saturated rings. The molecule has 0 unspecified atom stereocenters. The maximum Gasteiger partial charge on any atom is 0.114 e. The van der Waals surface area contributed by atoms with Crippen molar-refractivity contribution >= 4 is 84.8 Å². The maximum atomic E-state index is 2.32. The Labute approximate surface area is 83.0 Å². The van der Waals surface area contributed by atoms with Crippen LogP contribution in [-0.2, 0) is 0 Å². The zero-order chi connectivity index (χ0) is 3.58. The third-order valence-corrected chi connectivity index (χ3v) is 0. The summed E-state index contributed by atoms with van der Waals surface area (Å²) in [5.41, 5.74) is 0. The molecule has 5 heavy (non-hydrogen) atoms. The molecule has 0 aliphatic heterocycles. The van der Waals surface area contributed by atoms with Crippen molar-refractivity contribution in [1.82, 2.24) is 0 Å². The van der Waals surface area contributed by atoms with E-state index in [0.717, 1.165) is -0.0619 Å². The summed E-state index contributed by atoms with van der Waals surface area (Å²) in [6.07, 6.45) is 0. The molecule has 0 N–H and O–H groups in total. The minimum atomic E-state index is 0. The standard InChI is InChI=1S/CHI3.BrH/c2-1(3)4;/h1H;1H. The summed E-state index contributed by atoms with van der Waals surface area (Å²) in [6.45, 7) is 0. The molecule has 0 aromatic carbocycles. The molecule has 0 atom stereocenters. The van der Waals surface area contributed by atoms with Crippen LogP contribution >= 0.6 is 84.8 Å². The Balaban J connectivity index is 0. The van der Waals surface area contributed by atoms with Crippen molar-refractivity contribution in [3.63, 3.8) is 0 Å². The quantitative estimate of drug-likeness (QED) is 0.374. The summed E-state index contributed by atoms with van der Waals surface area (Å²) >= 11 is 6.95. The van der Waals surface area contributed by atoms with Crippen molar-refractivity contribution in [1.29, 1.82) is 0 Å². The molecule has 0 spiro atoms. The predicted molar refractivity (Wildman–Crippen MR) is 56.2 cm³/mol. The van der Waals surface area contributed by atoms with E-state index < -0.39 is 0 Å². The van der Waals surface area contributed by atoms with Crippen LogP contribution < -0.4 is 0 Å². The lowest BCUT2D eigenvalue weighted by molar-refractivity contribution is 2.47. The van der Waals surface area contributed by atoms with Crippen molar-refractivity contribution in [2.24, 2.45) is 0 Å². The van der Waals surface area contributed by atoms with E-state index in [1.54, 1.807) is 0 Å². The maximum absolute atomic E-state index is 2.32. The Morgan fingerprint density at radius 2 is 1.00 bits per heavy atom. The highest BCUT2D eigenvalue weighted by molar-refractivity contribution is 14.3. The number of hydrogen-bond acceptors (Lipinski definition) is 0. The fraction of sp³-hybridized carbons (Fsp3) is 1.00. The first-order valence-electron chi connectivity index (χ1n) is 0.655. The van der Waals surface area contributed by atoms with Crippen LogP contribution in [0.15, 0.2) is 0 Å². The van der Waals surface area contributed by atoms with Crippen LogP contribution in [0.25, 0.3) is 0 Å². The van der Waals surface area contributed by atoms with Gasteiger partial charge in [-0.25, -0.2) is 0 Å². The highest BCUT2D eigenvalue weighted by atomic mass is 127. The lowest BCUT2D eigenvalue weighted by Gasteiger charge is -1.71. The first kappa shape index (κ1) is 10.6. The summed E-state index contributed by atoms with van der Waals surface area (Å²) < 4.78 is 0.743.